The highest BCUT2D eigenvalue weighted by molar-refractivity contribution is 7.99. The Labute approximate surface area is 142 Å². The van der Waals surface area contributed by atoms with Crippen LogP contribution in [0.15, 0.2) is 34.2 Å². The smallest absolute Gasteiger partial charge is 0.279 e. The number of amides is 1. The molecule has 1 amide bonds. The van der Waals surface area contributed by atoms with Gasteiger partial charge < -0.3 is 9.88 Å². The maximum absolute atomic E-state index is 14.2. The third-order valence-corrected chi connectivity index (χ3v) is 4.80. The number of anilines is 1. The van der Waals surface area contributed by atoms with Crippen LogP contribution in [0.2, 0.25) is 0 Å². The van der Waals surface area contributed by atoms with Gasteiger partial charge in [0.25, 0.3) is 5.56 Å². The Bertz CT molecular complexity index is 917. The molecule has 1 aliphatic rings. The van der Waals surface area contributed by atoms with Crippen LogP contribution in [0, 0.1) is 18.2 Å². The summed E-state index contributed by atoms with van der Waals surface area (Å²) in [7, 11) is 1.69. The number of terminal acetylenes is 1. The monoisotopic (exact) mass is 343 g/mol. The van der Waals surface area contributed by atoms with E-state index in [-0.39, 0.29) is 12.3 Å². The van der Waals surface area contributed by atoms with Crippen LogP contribution in [-0.2, 0) is 11.8 Å². The minimum absolute atomic E-state index is 0.00168. The summed E-state index contributed by atoms with van der Waals surface area (Å²) >= 11 is 1.23. The predicted molar refractivity (Wildman–Crippen MR) is 90.5 cm³/mol. The van der Waals surface area contributed by atoms with Crippen LogP contribution in [-0.4, -0.2) is 21.2 Å². The van der Waals surface area contributed by atoms with Crippen LogP contribution in [0.5, 0.6) is 0 Å². The number of carbonyl (C=O) groups excluding carboxylic acids is 1. The molecule has 2 aromatic rings. The van der Waals surface area contributed by atoms with Crippen molar-refractivity contribution in [2.24, 2.45) is 7.05 Å². The number of rotatable bonds is 3. The lowest BCUT2D eigenvalue weighted by Crippen LogP contribution is -2.33. The van der Waals surface area contributed by atoms with Gasteiger partial charge in [0, 0.05) is 19.4 Å². The zero-order chi connectivity index (χ0) is 17.3. The van der Waals surface area contributed by atoms with Gasteiger partial charge in [0.15, 0.2) is 5.16 Å². The van der Waals surface area contributed by atoms with Gasteiger partial charge in [-0.1, -0.05) is 35.9 Å². The Kier molecular flexibility index (Phi) is 4.40. The van der Waals surface area contributed by atoms with Crippen molar-refractivity contribution in [3.63, 3.8) is 0 Å². The molecule has 7 heteroatoms. The number of benzene rings is 1. The topological polar surface area (TPSA) is 64.0 Å². The number of nitrogens with one attached hydrogen (secondary N) is 1. The highest BCUT2D eigenvalue weighted by Gasteiger charge is 2.33. The summed E-state index contributed by atoms with van der Waals surface area (Å²) in [5.74, 6) is 1.78. The van der Waals surface area contributed by atoms with E-state index in [9.17, 15) is 14.0 Å². The first kappa shape index (κ1) is 16.3. The number of hydrogen-bond donors (Lipinski definition) is 1. The van der Waals surface area contributed by atoms with Crippen molar-refractivity contribution in [2.45, 2.75) is 17.5 Å². The van der Waals surface area contributed by atoms with Crippen LogP contribution in [0.25, 0.3) is 0 Å². The second kappa shape index (κ2) is 6.49. The molecule has 122 valence electrons. The average molecular weight is 343 g/mol. The van der Waals surface area contributed by atoms with Gasteiger partial charge in [0.1, 0.15) is 11.6 Å². The average Bonchev–Trinajstić information content (AvgIpc) is 2.56. The van der Waals surface area contributed by atoms with Gasteiger partial charge in [-0.15, -0.1) is 6.42 Å². The fourth-order valence-electron chi connectivity index (χ4n) is 2.79. The molecular weight excluding hydrogens is 329 g/mol. The summed E-state index contributed by atoms with van der Waals surface area (Å²) in [5, 5.41) is 3.11. The van der Waals surface area contributed by atoms with Crippen LogP contribution >= 0.6 is 11.8 Å². The lowest BCUT2D eigenvalue weighted by molar-refractivity contribution is -0.116. The van der Waals surface area contributed by atoms with Gasteiger partial charge in [0.05, 0.1) is 11.3 Å². The van der Waals surface area contributed by atoms with E-state index in [0.717, 1.165) is 0 Å². The first-order valence-electron chi connectivity index (χ1n) is 7.24. The van der Waals surface area contributed by atoms with E-state index in [2.05, 4.69) is 16.2 Å². The zero-order valence-electron chi connectivity index (χ0n) is 12.9. The maximum atomic E-state index is 14.2. The van der Waals surface area contributed by atoms with Gasteiger partial charge in [-0.25, -0.2) is 4.39 Å². The molecule has 2 heterocycles. The summed E-state index contributed by atoms with van der Waals surface area (Å²) in [6, 6.07) is 6.15. The van der Waals surface area contributed by atoms with Crippen molar-refractivity contribution in [2.75, 3.05) is 11.1 Å². The van der Waals surface area contributed by atoms with E-state index < -0.39 is 17.3 Å². The van der Waals surface area contributed by atoms with Gasteiger partial charge in [-0.2, -0.15) is 4.98 Å². The minimum atomic E-state index is -0.659. The largest absolute Gasteiger partial charge is 0.312 e. The third kappa shape index (κ3) is 2.81. The van der Waals surface area contributed by atoms with Crippen molar-refractivity contribution < 1.29 is 9.18 Å². The first-order chi connectivity index (χ1) is 11.5. The summed E-state index contributed by atoms with van der Waals surface area (Å²) in [5.41, 5.74) is 0.139. The molecule has 1 aliphatic heterocycles. The first-order valence-corrected chi connectivity index (χ1v) is 8.23. The highest BCUT2D eigenvalue weighted by atomic mass is 32.2. The van der Waals surface area contributed by atoms with E-state index in [1.54, 1.807) is 29.8 Å². The molecule has 1 aromatic heterocycles. The second-order valence-electron chi connectivity index (χ2n) is 5.34. The standard InChI is InChI=1S/C17H14FN3O2S/c1-3-8-24-17-20-16(23)14-11(10-6-4-5-7-12(10)18)9-13(22)19-15(14)21(17)2/h1,4-7,11H,8-9H2,2H3,(H,19,22). The van der Waals surface area contributed by atoms with E-state index in [4.69, 9.17) is 6.42 Å². The van der Waals surface area contributed by atoms with Gasteiger partial charge in [-0.05, 0) is 11.6 Å². The van der Waals surface area contributed by atoms with Crippen LogP contribution in [0.1, 0.15) is 23.5 Å². The fraction of sp³-hybridized carbons (Fsp3) is 0.235. The molecule has 3 rings (SSSR count). The van der Waals surface area contributed by atoms with E-state index in [1.807, 2.05) is 0 Å². The lowest BCUT2D eigenvalue weighted by Gasteiger charge is -2.27. The Balaban J connectivity index is 2.19. The fourth-order valence-corrected chi connectivity index (χ4v) is 3.44. The van der Waals surface area contributed by atoms with Crippen molar-refractivity contribution in [1.29, 1.82) is 0 Å². The SMILES string of the molecule is C#CCSc1nc(=O)c2c(n1C)NC(=O)CC2c1ccccc1F. The molecule has 0 spiro atoms. The maximum Gasteiger partial charge on any atom is 0.279 e. The highest BCUT2D eigenvalue weighted by Crippen LogP contribution is 2.36. The van der Waals surface area contributed by atoms with Crippen molar-refractivity contribution in [3.8, 4) is 12.3 Å². The molecule has 1 N–H and O–H groups in total. The van der Waals surface area contributed by atoms with Gasteiger partial charge >= 0.3 is 0 Å². The molecule has 1 atom stereocenters. The van der Waals surface area contributed by atoms with E-state index in [1.165, 1.54) is 17.8 Å². The summed E-state index contributed by atoms with van der Waals surface area (Å²) in [4.78, 5) is 28.7. The molecule has 0 bridgehead atoms. The molecule has 0 aliphatic carbocycles. The summed E-state index contributed by atoms with van der Waals surface area (Å²) in [6.45, 7) is 0. The number of hydrogen-bond acceptors (Lipinski definition) is 4. The third-order valence-electron chi connectivity index (χ3n) is 3.87. The number of thioether (sulfide) groups is 1. The second-order valence-corrected chi connectivity index (χ2v) is 6.28. The van der Waals surface area contributed by atoms with E-state index >= 15 is 0 Å². The molecule has 0 saturated carbocycles. The van der Waals surface area contributed by atoms with Gasteiger partial charge in [-0.3, -0.25) is 9.59 Å². The van der Waals surface area contributed by atoms with Crippen molar-refractivity contribution in [3.05, 3.63) is 51.6 Å². The van der Waals surface area contributed by atoms with Crippen LogP contribution < -0.4 is 10.9 Å². The Morgan fingerprint density at radius 1 is 1.46 bits per heavy atom. The zero-order valence-corrected chi connectivity index (χ0v) is 13.7. The predicted octanol–water partition coefficient (Wildman–Crippen LogP) is 2.12. The number of fused-ring (bicyclic) bond motifs is 1. The number of nitrogens with zero attached hydrogens (tertiary/aromatic N) is 2. The van der Waals surface area contributed by atoms with Crippen LogP contribution in [0.4, 0.5) is 10.2 Å². The quantitative estimate of drug-likeness (QED) is 0.527. The van der Waals surface area contributed by atoms with Crippen molar-refractivity contribution >= 4 is 23.5 Å². The molecule has 5 nitrogen and oxygen atoms in total. The Morgan fingerprint density at radius 3 is 2.92 bits per heavy atom. The van der Waals surface area contributed by atoms with Crippen molar-refractivity contribution in [1.82, 2.24) is 9.55 Å². The number of halogens is 1. The molecule has 0 radical (unpaired) electrons. The lowest BCUT2D eigenvalue weighted by atomic mass is 9.86. The minimum Gasteiger partial charge on any atom is -0.312 e. The molecule has 0 fully saturated rings. The Hall–Kier alpha value is -2.59. The summed E-state index contributed by atoms with van der Waals surface area (Å²) < 4.78 is 15.8. The Morgan fingerprint density at radius 2 is 2.21 bits per heavy atom. The molecule has 0 saturated heterocycles. The molecule has 1 unspecified atom stereocenters. The molecular formula is C17H14FN3O2S. The van der Waals surface area contributed by atoms with Gasteiger partial charge in [0.2, 0.25) is 5.91 Å². The normalized spacial score (nSPS) is 16.2. The van der Waals surface area contributed by atoms with Crippen LogP contribution in [0.3, 0.4) is 0 Å². The number of aromatic nitrogens is 2. The molecule has 24 heavy (non-hydrogen) atoms. The van der Waals surface area contributed by atoms with E-state index in [0.29, 0.717) is 27.9 Å². The molecule has 1 aromatic carbocycles. The number of carbonyl (C=O) groups is 1. The summed E-state index contributed by atoms with van der Waals surface area (Å²) in [6.07, 6.45) is 5.24.